The summed E-state index contributed by atoms with van der Waals surface area (Å²) in [5, 5.41) is 7.12. The molecular formula is C22H36IN5O. The van der Waals surface area contributed by atoms with E-state index in [9.17, 15) is 0 Å². The summed E-state index contributed by atoms with van der Waals surface area (Å²) in [5.41, 5.74) is 1.38. The Hall–Kier alpha value is -0.900. The number of ether oxygens (including phenoxy) is 1. The second-order valence-corrected chi connectivity index (χ2v) is 8.54. The van der Waals surface area contributed by atoms with E-state index in [0.717, 1.165) is 45.2 Å². The van der Waals surface area contributed by atoms with E-state index in [2.05, 4.69) is 62.7 Å². The fourth-order valence-corrected chi connectivity index (χ4v) is 4.85. The molecule has 4 unspecified atom stereocenters. The molecule has 0 bridgehead atoms. The Morgan fingerprint density at radius 2 is 2.07 bits per heavy atom. The van der Waals surface area contributed by atoms with Gasteiger partial charge in [0.05, 0.1) is 12.7 Å². The largest absolute Gasteiger partial charge is 0.373 e. The maximum atomic E-state index is 6.06. The summed E-state index contributed by atoms with van der Waals surface area (Å²) in [6, 6.07) is 12.4. The number of hydrogen-bond donors (Lipinski definition) is 2. The zero-order valence-electron chi connectivity index (χ0n) is 17.7. The number of guanidine groups is 1. The second-order valence-electron chi connectivity index (χ2n) is 8.54. The van der Waals surface area contributed by atoms with Crippen LogP contribution in [0.4, 0.5) is 0 Å². The van der Waals surface area contributed by atoms with Gasteiger partial charge < -0.3 is 15.4 Å². The number of benzene rings is 1. The number of fused-ring (bicyclic) bond motifs is 1. The fourth-order valence-electron chi connectivity index (χ4n) is 4.85. The maximum Gasteiger partial charge on any atom is 0.191 e. The average Bonchev–Trinajstić information content (AvgIpc) is 3.32. The van der Waals surface area contributed by atoms with Gasteiger partial charge in [-0.1, -0.05) is 30.3 Å². The molecule has 0 saturated carbocycles. The van der Waals surface area contributed by atoms with Crippen LogP contribution in [0.3, 0.4) is 0 Å². The molecule has 3 aliphatic heterocycles. The van der Waals surface area contributed by atoms with Gasteiger partial charge in [0.15, 0.2) is 5.96 Å². The van der Waals surface area contributed by atoms with Crippen LogP contribution in [0.1, 0.15) is 31.7 Å². The van der Waals surface area contributed by atoms with Crippen molar-refractivity contribution in [2.45, 2.75) is 57.0 Å². The van der Waals surface area contributed by atoms with Gasteiger partial charge in [-0.05, 0) is 38.3 Å². The van der Waals surface area contributed by atoms with Gasteiger partial charge in [0.1, 0.15) is 0 Å². The van der Waals surface area contributed by atoms with Gasteiger partial charge in [0.25, 0.3) is 0 Å². The number of hydrogen-bond acceptors (Lipinski definition) is 4. The number of nitrogens with one attached hydrogen (secondary N) is 2. The first-order valence-electron chi connectivity index (χ1n) is 10.8. The zero-order valence-corrected chi connectivity index (χ0v) is 20.0. The Morgan fingerprint density at radius 1 is 1.24 bits per heavy atom. The molecule has 1 aromatic rings. The van der Waals surface area contributed by atoms with E-state index in [1.165, 1.54) is 24.9 Å². The van der Waals surface area contributed by atoms with Gasteiger partial charge in [-0.25, -0.2) is 0 Å². The molecule has 0 aliphatic carbocycles. The van der Waals surface area contributed by atoms with Gasteiger partial charge in [-0.3, -0.25) is 14.8 Å². The number of aliphatic imine (C=N–C) groups is 1. The van der Waals surface area contributed by atoms with E-state index in [-0.39, 0.29) is 30.1 Å². The zero-order chi connectivity index (χ0) is 19.3. The van der Waals surface area contributed by atoms with Crippen molar-refractivity contribution in [3.63, 3.8) is 0 Å². The standard InChI is InChI=1S/C22H35N5O.HI/c1-17-11-19(14-27(17)13-18-7-4-3-5-8-18)25-22(23-2)24-12-21-15-26-10-6-9-20(26)16-28-21;/h3-5,7-8,17,19-21H,6,9-16H2,1-2H3,(H2,23,24,25);1H. The van der Waals surface area contributed by atoms with E-state index in [1.807, 2.05) is 7.05 Å². The first kappa shape index (κ1) is 22.8. The third-order valence-corrected chi connectivity index (χ3v) is 6.46. The molecule has 6 nitrogen and oxygen atoms in total. The van der Waals surface area contributed by atoms with Crippen molar-refractivity contribution < 1.29 is 4.74 Å². The van der Waals surface area contributed by atoms with E-state index in [4.69, 9.17) is 4.74 Å². The highest BCUT2D eigenvalue weighted by Crippen LogP contribution is 2.22. The van der Waals surface area contributed by atoms with Crippen molar-refractivity contribution in [2.75, 3.05) is 39.8 Å². The minimum atomic E-state index is 0. The van der Waals surface area contributed by atoms with Gasteiger partial charge >= 0.3 is 0 Å². The van der Waals surface area contributed by atoms with Crippen LogP contribution in [0, 0.1) is 0 Å². The predicted molar refractivity (Wildman–Crippen MR) is 129 cm³/mol. The van der Waals surface area contributed by atoms with Crippen LogP contribution in [-0.4, -0.2) is 79.8 Å². The average molecular weight is 513 g/mol. The quantitative estimate of drug-likeness (QED) is 0.360. The predicted octanol–water partition coefficient (Wildman–Crippen LogP) is 2.30. The monoisotopic (exact) mass is 513 g/mol. The van der Waals surface area contributed by atoms with Gasteiger partial charge in [-0.2, -0.15) is 0 Å². The molecule has 3 fully saturated rings. The summed E-state index contributed by atoms with van der Waals surface area (Å²) < 4.78 is 6.06. The van der Waals surface area contributed by atoms with Crippen LogP contribution in [0.25, 0.3) is 0 Å². The number of halogens is 1. The maximum absolute atomic E-state index is 6.06. The Morgan fingerprint density at radius 3 is 2.86 bits per heavy atom. The Kier molecular flexibility index (Phi) is 8.58. The first-order valence-corrected chi connectivity index (χ1v) is 10.8. The van der Waals surface area contributed by atoms with E-state index >= 15 is 0 Å². The smallest absolute Gasteiger partial charge is 0.191 e. The first-order chi connectivity index (χ1) is 13.7. The summed E-state index contributed by atoms with van der Waals surface area (Å²) in [6.07, 6.45) is 4.01. The van der Waals surface area contributed by atoms with Crippen LogP contribution in [-0.2, 0) is 11.3 Å². The topological polar surface area (TPSA) is 52.1 Å². The summed E-state index contributed by atoms with van der Waals surface area (Å²) >= 11 is 0. The molecule has 162 valence electrons. The lowest BCUT2D eigenvalue weighted by molar-refractivity contribution is -0.0453. The Balaban J connectivity index is 0.00000240. The number of morpholine rings is 1. The minimum Gasteiger partial charge on any atom is -0.373 e. The highest BCUT2D eigenvalue weighted by atomic mass is 127. The summed E-state index contributed by atoms with van der Waals surface area (Å²) in [6.45, 7) is 8.36. The normalized spacial score (nSPS) is 30.6. The van der Waals surface area contributed by atoms with Crippen LogP contribution in [0.5, 0.6) is 0 Å². The molecule has 0 aromatic heterocycles. The van der Waals surface area contributed by atoms with E-state index in [1.54, 1.807) is 0 Å². The van der Waals surface area contributed by atoms with Gasteiger partial charge in [-0.15, -0.1) is 24.0 Å². The molecule has 0 spiro atoms. The molecule has 4 atom stereocenters. The molecule has 3 saturated heterocycles. The second kappa shape index (κ2) is 10.9. The number of nitrogens with zero attached hydrogens (tertiary/aromatic N) is 3. The molecular weight excluding hydrogens is 477 g/mol. The summed E-state index contributed by atoms with van der Waals surface area (Å²) in [7, 11) is 1.85. The third-order valence-electron chi connectivity index (χ3n) is 6.46. The molecule has 3 heterocycles. The molecule has 4 rings (SSSR count). The molecule has 7 heteroatoms. The number of likely N-dealkylation sites (tertiary alicyclic amines) is 1. The molecule has 2 N–H and O–H groups in total. The van der Waals surface area contributed by atoms with Gasteiger partial charge in [0, 0.05) is 51.4 Å². The van der Waals surface area contributed by atoms with Crippen molar-refractivity contribution in [1.29, 1.82) is 0 Å². The summed E-state index contributed by atoms with van der Waals surface area (Å²) in [4.78, 5) is 9.59. The molecule has 3 aliphatic rings. The van der Waals surface area contributed by atoms with E-state index < -0.39 is 0 Å². The minimum absolute atomic E-state index is 0. The summed E-state index contributed by atoms with van der Waals surface area (Å²) in [5.74, 6) is 0.894. The van der Waals surface area contributed by atoms with Crippen LogP contribution >= 0.6 is 24.0 Å². The molecule has 29 heavy (non-hydrogen) atoms. The molecule has 1 aromatic carbocycles. The molecule has 0 radical (unpaired) electrons. The Bertz CT molecular complexity index is 658. The van der Waals surface area contributed by atoms with Crippen molar-refractivity contribution in [1.82, 2.24) is 20.4 Å². The van der Waals surface area contributed by atoms with Crippen molar-refractivity contribution in [3.8, 4) is 0 Å². The van der Waals surface area contributed by atoms with Crippen LogP contribution in [0.2, 0.25) is 0 Å². The SMILES string of the molecule is CN=C(NCC1CN2CCCC2CO1)NC1CC(C)N(Cc2ccccc2)C1.I. The van der Waals surface area contributed by atoms with Gasteiger partial charge in [0.2, 0.25) is 0 Å². The lowest BCUT2D eigenvalue weighted by Crippen LogP contribution is -2.52. The van der Waals surface area contributed by atoms with Crippen molar-refractivity contribution in [2.24, 2.45) is 4.99 Å². The fraction of sp³-hybridized carbons (Fsp3) is 0.682. The lowest BCUT2D eigenvalue weighted by Gasteiger charge is -2.35. The lowest BCUT2D eigenvalue weighted by atomic mass is 10.2. The van der Waals surface area contributed by atoms with E-state index in [0.29, 0.717) is 18.1 Å². The highest BCUT2D eigenvalue weighted by Gasteiger charge is 2.33. The Labute approximate surface area is 192 Å². The molecule has 0 amide bonds. The van der Waals surface area contributed by atoms with Crippen LogP contribution < -0.4 is 10.6 Å². The van der Waals surface area contributed by atoms with Crippen molar-refractivity contribution >= 4 is 29.9 Å². The van der Waals surface area contributed by atoms with Crippen LogP contribution in [0.15, 0.2) is 35.3 Å². The highest BCUT2D eigenvalue weighted by molar-refractivity contribution is 14.0. The number of rotatable bonds is 5. The third kappa shape index (κ3) is 6.06. The van der Waals surface area contributed by atoms with Crippen molar-refractivity contribution in [3.05, 3.63) is 35.9 Å².